The van der Waals surface area contributed by atoms with Gasteiger partial charge in [0.2, 0.25) is 0 Å². The first-order chi connectivity index (χ1) is 15.0. The molecule has 4 nitrogen and oxygen atoms in total. The summed E-state index contributed by atoms with van der Waals surface area (Å²) in [6.45, 7) is 4.56. The number of benzene rings is 3. The molecule has 1 aromatic heterocycles. The largest absolute Gasteiger partial charge is 0.493 e. The number of nitrogens with zero attached hydrogens (tertiary/aromatic N) is 3. The van der Waals surface area contributed by atoms with Crippen LogP contribution in [0.25, 0.3) is 22.4 Å². The standard InChI is InChI=1S/C26H28BrN3O/c1-19-8-6-10-20(16-19)26-28-24-13-12-22(31-15-7-14-29(2)3)17-25(24)30(26)18-21-9-4-5-11-23(21)27/h4-6,8-13,16-17H,7,14-15,18H2,1-3H3. The number of rotatable bonds is 8. The Kier molecular flexibility index (Phi) is 6.73. The molecule has 4 aromatic rings. The number of fused-ring (bicyclic) bond motifs is 1. The van der Waals surface area contributed by atoms with E-state index in [2.05, 4.69) is 101 Å². The fraction of sp³-hybridized carbons (Fsp3) is 0.269. The van der Waals surface area contributed by atoms with Crippen LogP contribution in [0.4, 0.5) is 0 Å². The van der Waals surface area contributed by atoms with Gasteiger partial charge in [0.05, 0.1) is 24.2 Å². The number of aromatic nitrogens is 2. The van der Waals surface area contributed by atoms with Gasteiger partial charge in [-0.15, -0.1) is 0 Å². The second-order valence-corrected chi connectivity index (χ2v) is 8.99. The summed E-state index contributed by atoms with van der Waals surface area (Å²) < 4.78 is 9.44. The van der Waals surface area contributed by atoms with E-state index in [0.717, 1.165) is 52.2 Å². The Labute approximate surface area is 192 Å². The molecule has 0 atom stereocenters. The van der Waals surface area contributed by atoms with E-state index >= 15 is 0 Å². The van der Waals surface area contributed by atoms with E-state index in [1.807, 2.05) is 12.1 Å². The van der Waals surface area contributed by atoms with Crippen LogP contribution in [0.3, 0.4) is 0 Å². The van der Waals surface area contributed by atoms with Crippen LogP contribution in [-0.2, 0) is 6.54 Å². The van der Waals surface area contributed by atoms with E-state index in [-0.39, 0.29) is 0 Å². The molecule has 0 aliphatic carbocycles. The van der Waals surface area contributed by atoms with Crippen LogP contribution < -0.4 is 4.74 Å². The molecule has 0 saturated carbocycles. The lowest BCUT2D eigenvalue weighted by molar-refractivity contribution is 0.282. The number of hydrogen-bond acceptors (Lipinski definition) is 3. The first-order valence-corrected chi connectivity index (χ1v) is 11.4. The van der Waals surface area contributed by atoms with Crippen molar-refractivity contribution >= 4 is 27.0 Å². The molecule has 0 amide bonds. The molecule has 0 saturated heterocycles. The minimum atomic E-state index is 0.701. The van der Waals surface area contributed by atoms with Crippen molar-refractivity contribution in [3.63, 3.8) is 0 Å². The van der Waals surface area contributed by atoms with Gasteiger partial charge in [0, 0.05) is 22.6 Å². The molecule has 0 unspecified atom stereocenters. The Morgan fingerprint density at radius 1 is 1.00 bits per heavy atom. The van der Waals surface area contributed by atoms with Gasteiger partial charge in [-0.1, -0.05) is 57.9 Å². The molecule has 0 bridgehead atoms. The average molecular weight is 478 g/mol. The number of hydrogen-bond donors (Lipinski definition) is 0. The van der Waals surface area contributed by atoms with Crippen LogP contribution in [0.15, 0.2) is 71.2 Å². The smallest absolute Gasteiger partial charge is 0.141 e. The predicted octanol–water partition coefficient (Wildman–Crippen LogP) is 6.15. The number of aryl methyl sites for hydroxylation is 1. The molecule has 0 N–H and O–H groups in total. The van der Waals surface area contributed by atoms with Crippen molar-refractivity contribution in [3.05, 3.63) is 82.3 Å². The van der Waals surface area contributed by atoms with Crippen molar-refractivity contribution in [2.24, 2.45) is 0 Å². The molecule has 1 heterocycles. The van der Waals surface area contributed by atoms with Crippen molar-refractivity contribution in [2.45, 2.75) is 19.9 Å². The van der Waals surface area contributed by atoms with Gasteiger partial charge in [-0.05, 0) is 57.3 Å². The van der Waals surface area contributed by atoms with Crippen molar-refractivity contribution in [1.82, 2.24) is 14.5 Å². The Bertz CT molecular complexity index is 1180. The number of halogens is 1. The van der Waals surface area contributed by atoms with E-state index in [9.17, 15) is 0 Å². The molecule has 0 aliphatic rings. The first kappa shape index (κ1) is 21.6. The molecule has 0 spiro atoms. The maximum Gasteiger partial charge on any atom is 0.141 e. The lowest BCUT2D eigenvalue weighted by Crippen LogP contribution is -2.15. The summed E-state index contributed by atoms with van der Waals surface area (Å²) in [4.78, 5) is 7.17. The summed E-state index contributed by atoms with van der Waals surface area (Å²) in [5.74, 6) is 1.86. The average Bonchev–Trinajstić information content (AvgIpc) is 3.10. The second-order valence-electron chi connectivity index (χ2n) is 8.14. The van der Waals surface area contributed by atoms with E-state index in [0.29, 0.717) is 6.61 Å². The highest BCUT2D eigenvalue weighted by molar-refractivity contribution is 9.10. The number of imidazole rings is 1. The minimum Gasteiger partial charge on any atom is -0.493 e. The van der Waals surface area contributed by atoms with Crippen LogP contribution in [0, 0.1) is 6.92 Å². The van der Waals surface area contributed by atoms with Crippen LogP contribution in [0.5, 0.6) is 5.75 Å². The molecule has 0 aliphatic heterocycles. The summed E-state index contributed by atoms with van der Waals surface area (Å²) in [5.41, 5.74) is 5.62. The van der Waals surface area contributed by atoms with Crippen molar-refractivity contribution in [2.75, 3.05) is 27.2 Å². The van der Waals surface area contributed by atoms with Gasteiger partial charge in [-0.2, -0.15) is 0 Å². The Morgan fingerprint density at radius 3 is 2.61 bits per heavy atom. The maximum absolute atomic E-state index is 6.05. The van der Waals surface area contributed by atoms with Crippen LogP contribution in [-0.4, -0.2) is 41.7 Å². The minimum absolute atomic E-state index is 0.701. The second kappa shape index (κ2) is 9.67. The van der Waals surface area contributed by atoms with E-state index in [1.165, 1.54) is 11.1 Å². The summed E-state index contributed by atoms with van der Waals surface area (Å²) in [6, 6.07) is 23.1. The van der Waals surface area contributed by atoms with E-state index in [1.54, 1.807) is 0 Å². The maximum atomic E-state index is 6.05. The third-order valence-corrected chi connectivity index (χ3v) is 6.07. The summed E-state index contributed by atoms with van der Waals surface area (Å²) in [6.07, 6.45) is 0.996. The van der Waals surface area contributed by atoms with Crippen molar-refractivity contribution < 1.29 is 4.74 Å². The predicted molar refractivity (Wildman–Crippen MR) is 132 cm³/mol. The normalized spacial score (nSPS) is 11.4. The highest BCUT2D eigenvalue weighted by Crippen LogP contribution is 2.30. The number of ether oxygens (including phenoxy) is 1. The van der Waals surface area contributed by atoms with Crippen molar-refractivity contribution in [1.29, 1.82) is 0 Å². The van der Waals surface area contributed by atoms with Crippen molar-refractivity contribution in [3.8, 4) is 17.1 Å². The summed E-state index contributed by atoms with van der Waals surface area (Å²) in [7, 11) is 4.16. The van der Waals surface area contributed by atoms with Gasteiger partial charge in [0.15, 0.2) is 0 Å². The van der Waals surface area contributed by atoms with Crippen LogP contribution in [0.1, 0.15) is 17.5 Å². The Morgan fingerprint density at radius 2 is 1.84 bits per heavy atom. The lowest BCUT2D eigenvalue weighted by atomic mass is 10.1. The monoisotopic (exact) mass is 477 g/mol. The molecule has 160 valence electrons. The molecular formula is C26H28BrN3O. The first-order valence-electron chi connectivity index (χ1n) is 10.6. The van der Waals surface area contributed by atoms with Gasteiger partial charge >= 0.3 is 0 Å². The zero-order chi connectivity index (χ0) is 21.8. The van der Waals surface area contributed by atoms with Gasteiger partial charge < -0.3 is 14.2 Å². The zero-order valence-corrected chi connectivity index (χ0v) is 19.9. The summed E-state index contributed by atoms with van der Waals surface area (Å²) in [5, 5.41) is 0. The Balaban J connectivity index is 1.74. The quantitative estimate of drug-likeness (QED) is 0.285. The van der Waals surface area contributed by atoms with E-state index < -0.39 is 0 Å². The van der Waals surface area contributed by atoms with Crippen LogP contribution in [0.2, 0.25) is 0 Å². The molecule has 31 heavy (non-hydrogen) atoms. The van der Waals surface area contributed by atoms with Gasteiger partial charge in [-0.3, -0.25) is 0 Å². The summed E-state index contributed by atoms with van der Waals surface area (Å²) >= 11 is 3.70. The fourth-order valence-corrected chi connectivity index (χ4v) is 4.13. The molecular weight excluding hydrogens is 450 g/mol. The molecule has 5 heteroatoms. The topological polar surface area (TPSA) is 30.3 Å². The zero-order valence-electron chi connectivity index (χ0n) is 18.3. The molecule has 4 rings (SSSR count). The van der Waals surface area contributed by atoms with E-state index in [4.69, 9.17) is 9.72 Å². The van der Waals surface area contributed by atoms with Crippen LogP contribution >= 0.6 is 15.9 Å². The third-order valence-electron chi connectivity index (χ3n) is 5.30. The molecule has 3 aromatic carbocycles. The molecule has 0 radical (unpaired) electrons. The fourth-order valence-electron chi connectivity index (χ4n) is 3.72. The van der Waals surface area contributed by atoms with Gasteiger partial charge in [0.25, 0.3) is 0 Å². The van der Waals surface area contributed by atoms with Gasteiger partial charge in [-0.25, -0.2) is 4.98 Å². The third kappa shape index (κ3) is 5.17. The highest BCUT2D eigenvalue weighted by atomic mass is 79.9. The SMILES string of the molecule is Cc1cccc(-c2nc3ccc(OCCCN(C)C)cc3n2Cc2ccccc2Br)c1. The Hall–Kier alpha value is -2.63. The lowest BCUT2D eigenvalue weighted by Gasteiger charge is -2.13. The highest BCUT2D eigenvalue weighted by Gasteiger charge is 2.15. The van der Waals surface area contributed by atoms with Gasteiger partial charge in [0.1, 0.15) is 11.6 Å². The molecule has 0 fully saturated rings.